The molecule has 0 spiro atoms. The number of hydrogen-bond donors (Lipinski definition) is 2. The van der Waals surface area contributed by atoms with Crippen LogP contribution in [0.25, 0.3) is 46.4 Å². The molecule has 0 saturated heterocycles. The summed E-state index contributed by atoms with van der Waals surface area (Å²) in [5.74, 6) is -0.977. The van der Waals surface area contributed by atoms with Crippen molar-refractivity contribution >= 4 is 58.3 Å². The van der Waals surface area contributed by atoms with Crippen LogP contribution in [0.1, 0.15) is 43.5 Å². The molecule has 2 N–H and O–H groups in total. The van der Waals surface area contributed by atoms with Gasteiger partial charge in [-0.15, -0.1) is 0 Å². The van der Waals surface area contributed by atoms with Gasteiger partial charge in [-0.25, -0.2) is 19.6 Å². The summed E-state index contributed by atoms with van der Waals surface area (Å²) in [6, 6.07) is 10.9. The summed E-state index contributed by atoms with van der Waals surface area (Å²) >= 11 is 0. The van der Waals surface area contributed by atoms with Crippen LogP contribution in [-0.2, 0) is 9.47 Å². The summed E-state index contributed by atoms with van der Waals surface area (Å²) in [6.07, 6.45) is 7.10. The van der Waals surface area contributed by atoms with E-state index >= 15 is 0 Å². The van der Waals surface area contributed by atoms with E-state index in [1.54, 1.807) is 36.4 Å². The quantitative estimate of drug-likeness (QED) is 0.409. The third-order valence-electron chi connectivity index (χ3n) is 5.18. The molecule has 32 heavy (non-hydrogen) atoms. The van der Waals surface area contributed by atoms with E-state index in [1.165, 1.54) is 14.2 Å². The van der Waals surface area contributed by atoms with Crippen LogP contribution in [-0.4, -0.2) is 46.1 Å². The van der Waals surface area contributed by atoms with Gasteiger partial charge in [0.2, 0.25) is 0 Å². The highest BCUT2D eigenvalue weighted by Crippen LogP contribution is 2.24. The molecule has 0 atom stereocenters. The number of carbonyl (C=O) groups excluding carboxylic acids is 2. The van der Waals surface area contributed by atoms with Gasteiger partial charge in [0.15, 0.2) is 0 Å². The first-order chi connectivity index (χ1) is 15.6. The minimum absolute atomic E-state index is 0.291. The van der Waals surface area contributed by atoms with Crippen LogP contribution in [0, 0.1) is 0 Å². The summed E-state index contributed by atoms with van der Waals surface area (Å²) in [4.78, 5) is 40.7. The lowest BCUT2D eigenvalue weighted by Gasteiger charge is -2.01. The Morgan fingerprint density at radius 1 is 0.688 bits per heavy atom. The average Bonchev–Trinajstić information content (AvgIpc) is 3.58. The zero-order chi connectivity index (χ0) is 22.2. The van der Waals surface area contributed by atoms with Crippen molar-refractivity contribution in [2.24, 2.45) is 0 Å². The maximum absolute atomic E-state index is 12.6. The third kappa shape index (κ3) is 3.37. The number of methoxy groups -OCH3 is 2. The van der Waals surface area contributed by atoms with E-state index in [0.29, 0.717) is 44.9 Å². The molecule has 0 saturated carbocycles. The number of aromatic nitrogens is 4. The van der Waals surface area contributed by atoms with E-state index < -0.39 is 11.9 Å². The second-order valence-corrected chi connectivity index (χ2v) is 7.19. The molecule has 5 rings (SSSR count). The number of H-pyrrole nitrogens is 2. The number of nitrogens with zero attached hydrogens (tertiary/aromatic N) is 2. The molecule has 0 radical (unpaired) electrons. The lowest BCUT2D eigenvalue weighted by Crippen LogP contribution is -2.06. The SMILES string of the molecule is COC(=O)c1c2nc(cc3ccc([nH]3)c(C(=O)OC)c3ccc(cc4nc1C=C4)[nH]3)C=C2. The first-order valence-electron chi connectivity index (χ1n) is 9.82. The number of hydrogen-bond acceptors (Lipinski definition) is 6. The number of rotatable bonds is 2. The van der Waals surface area contributed by atoms with E-state index in [2.05, 4.69) is 19.9 Å². The van der Waals surface area contributed by atoms with Crippen LogP contribution < -0.4 is 0 Å². The summed E-state index contributed by atoms with van der Waals surface area (Å²) in [5, 5.41) is 0. The molecular formula is C24H18N4O4. The molecule has 5 heterocycles. The maximum Gasteiger partial charge on any atom is 0.342 e. The molecule has 0 aliphatic carbocycles. The van der Waals surface area contributed by atoms with E-state index in [0.717, 1.165) is 11.0 Å². The highest BCUT2D eigenvalue weighted by molar-refractivity contribution is 6.04. The highest BCUT2D eigenvalue weighted by Gasteiger charge is 2.19. The first kappa shape index (κ1) is 19.5. The number of esters is 2. The zero-order valence-electron chi connectivity index (χ0n) is 17.3. The highest BCUT2D eigenvalue weighted by atomic mass is 16.5. The van der Waals surface area contributed by atoms with E-state index in [4.69, 9.17) is 9.47 Å². The van der Waals surface area contributed by atoms with Crippen molar-refractivity contribution in [1.82, 2.24) is 19.9 Å². The second-order valence-electron chi connectivity index (χ2n) is 7.19. The maximum atomic E-state index is 12.6. The van der Waals surface area contributed by atoms with Gasteiger partial charge >= 0.3 is 11.9 Å². The molecule has 2 aliphatic heterocycles. The average molecular weight is 426 g/mol. The lowest BCUT2D eigenvalue weighted by molar-refractivity contribution is 0.0592. The number of aromatic amines is 2. The molecule has 0 amide bonds. The summed E-state index contributed by atoms with van der Waals surface area (Å²) in [5.41, 5.74) is 5.58. The standard InChI is InChI=1S/C24H18N4O4/c1-31-23(29)21-17-7-3-13(25-17)11-15-5-9-19(27-15)22(24(30)32-2)20-10-6-16(28-20)12-14-4-8-18(21)26-14/h3-12,25-26H,1-2H3. The van der Waals surface area contributed by atoms with Crippen molar-refractivity contribution in [1.29, 1.82) is 0 Å². The molecule has 0 fully saturated rings. The van der Waals surface area contributed by atoms with Gasteiger partial charge in [-0.1, -0.05) is 0 Å². The normalized spacial score (nSPS) is 12.1. The van der Waals surface area contributed by atoms with E-state index in [9.17, 15) is 9.59 Å². The van der Waals surface area contributed by atoms with Crippen LogP contribution in [0.15, 0.2) is 36.4 Å². The molecule has 3 aromatic heterocycles. The fourth-order valence-corrected chi connectivity index (χ4v) is 3.71. The van der Waals surface area contributed by atoms with Crippen molar-refractivity contribution in [3.05, 3.63) is 70.3 Å². The minimum atomic E-state index is -0.512. The summed E-state index contributed by atoms with van der Waals surface area (Å²) < 4.78 is 10.00. The summed E-state index contributed by atoms with van der Waals surface area (Å²) in [6.45, 7) is 0. The summed E-state index contributed by atoms with van der Waals surface area (Å²) in [7, 11) is 2.68. The first-order valence-corrected chi connectivity index (χ1v) is 9.82. The Bertz CT molecular complexity index is 1400. The van der Waals surface area contributed by atoms with Gasteiger partial charge in [0.05, 0.1) is 48.0 Å². The number of carbonyl (C=O) groups is 2. The molecule has 0 unspecified atom stereocenters. The third-order valence-corrected chi connectivity index (χ3v) is 5.18. The molecule has 2 aliphatic rings. The Kier molecular flexibility index (Phi) is 4.67. The van der Waals surface area contributed by atoms with E-state index in [-0.39, 0.29) is 0 Å². The van der Waals surface area contributed by atoms with Gasteiger partial charge in [0.25, 0.3) is 0 Å². The second kappa shape index (κ2) is 7.66. The minimum Gasteiger partial charge on any atom is -0.465 e. The van der Waals surface area contributed by atoms with Gasteiger partial charge in [-0.2, -0.15) is 0 Å². The smallest absolute Gasteiger partial charge is 0.342 e. The molecule has 0 aromatic carbocycles. The predicted octanol–water partition coefficient (Wildman–Crippen LogP) is 4.23. The van der Waals surface area contributed by atoms with Gasteiger partial charge in [0.1, 0.15) is 11.1 Å². The van der Waals surface area contributed by atoms with Crippen LogP contribution in [0.5, 0.6) is 0 Å². The van der Waals surface area contributed by atoms with Crippen LogP contribution in [0.2, 0.25) is 0 Å². The molecule has 8 nitrogen and oxygen atoms in total. The molecular weight excluding hydrogens is 408 g/mol. The predicted molar refractivity (Wildman–Crippen MR) is 122 cm³/mol. The number of fused-ring (bicyclic) bond motifs is 8. The monoisotopic (exact) mass is 426 g/mol. The van der Waals surface area contributed by atoms with Crippen molar-refractivity contribution < 1.29 is 19.1 Å². The Morgan fingerprint density at radius 3 is 1.62 bits per heavy atom. The molecule has 8 bridgehead atoms. The Morgan fingerprint density at radius 2 is 1.16 bits per heavy atom. The molecule has 158 valence electrons. The van der Waals surface area contributed by atoms with E-state index in [1.807, 2.05) is 24.3 Å². The van der Waals surface area contributed by atoms with Gasteiger partial charge in [-0.05, 0) is 60.7 Å². The van der Waals surface area contributed by atoms with Crippen LogP contribution >= 0.6 is 0 Å². The van der Waals surface area contributed by atoms with Crippen molar-refractivity contribution in [2.75, 3.05) is 14.2 Å². The van der Waals surface area contributed by atoms with Crippen LogP contribution in [0.4, 0.5) is 0 Å². The Balaban J connectivity index is 1.91. The zero-order valence-corrected chi connectivity index (χ0v) is 17.3. The fourth-order valence-electron chi connectivity index (χ4n) is 3.71. The van der Waals surface area contributed by atoms with Crippen molar-refractivity contribution in [3.63, 3.8) is 0 Å². The Hall–Kier alpha value is -4.46. The Labute approximate surface area is 182 Å². The fraction of sp³-hybridized carbons (Fsp3) is 0.0833. The molecule has 8 heteroatoms. The number of ether oxygens (including phenoxy) is 2. The van der Waals surface area contributed by atoms with Crippen molar-refractivity contribution in [3.8, 4) is 0 Å². The lowest BCUT2D eigenvalue weighted by atomic mass is 10.1. The largest absolute Gasteiger partial charge is 0.465 e. The van der Waals surface area contributed by atoms with Crippen molar-refractivity contribution in [2.45, 2.75) is 0 Å². The molecule has 3 aromatic rings. The topological polar surface area (TPSA) is 110 Å². The van der Waals surface area contributed by atoms with Gasteiger partial charge in [-0.3, -0.25) is 0 Å². The van der Waals surface area contributed by atoms with Gasteiger partial charge in [0, 0.05) is 11.0 Å². The number of nitrogens with one attached hydrogen (secondary N) is 2. The van der Waals surface area contributed by atoms with Crippen LogP contribution in [0.3, 0.4) is 0 Å². The van der Waals surface area contributed by atoms with Gasteiger partial charge < -0.3 is 19.4 Å².